The van der Waals surface area contributed by atoms with Gasteiger partial charge in [-0.3, -0.25) is 9.20 Å². The zero-order chi connectivity index (χ0) is 18.8. The Morgan fingerprint density at radius 3 is 2.27 bits per heavy atom. The minimum atomic E-state index is -0.875. The molecule has 2 N–H and O–H groups in total. The largest absolute Gasteiger partial charge is 0.356 e. The molecule has 0 heterocycles. The van der Waals surface area contributed by atoms with Crippen molar-refractivity contribution in [2.75, 3.05) is 25.9 Å². The molecule has 0 radical (unpaired) electrons. The average Bonchev–Trinajstić information content (AvgIpc) is 2.60. The van der Waals surface area contributed by atoms with Crippen molar-refractivity contribution in [2.24, 2.45) is 4.99 Å². The molecule has 0 amide bonds. The molecule has 0 spiro atoms. The van der Waals surface area contributed by atoms with E-state index in [0.29, 0.717) is 18.1 Å². The fraction of sp³-hybridized carbons (Fsp3) is 0.381. The fourth-order valence-corrected chi connectivity index (χ4v) is 3.91. The summed E-state index contributed by atoms with van der Waals surface area (Å²) in [4.78, 5) is 4.23. The molecule has 4 nitrogen and oxygen atoms in total. The van der Waals surface area contributed by atoms with Gasteiger partial charge in [0.15, 0.2) is 5.96 Å². The van der Waals surface area contributed by atoms with Gasteiger partial charge in [-0.25, -0.2) is 0 Å². The summed E-state index contributed by atoms with van der Waals surface area (Å²) in [5, 5.41) is 6.56. The maximum Gasteiger partial charge on any atom is 0.191 e. The lowest BCUT2D eigenvalue weighted by Crippen LogP contribution is -2.40. The van der Waals surface area contributed by atoms with Crippen LogP contribution in [0.5, 0.6) is 0 Å². The van der Waals surface area contributed by atoms with Crippen LogP contribution in [-0.2, 0) is 23.0 Å². The lowest BCUT2D eigenvalue weighted by atomic mass is 10.1. The molecule has 2 aromatic rings. The summed E-state index contributed by atoms with van der Waals surface area (Å²) in [7, 11) is 0.882. The zero-order valence-electron chi connectivity index (χ0n) is 15.9. The zero-order valence-corrected chi connectivity index (χ0v) is 16.7. The molecule has 2 rings (SSSR count). The predicted octanol–water partition coefficient (Wildman–Crippen LogP) is 2.96. The van der Waals surface area contributed by atoms with Gasteiger partial charge in [0.25, 0.3) is 0 Å². The number of hydrogen-bond donors (Lipinski definition) is 2. The molecule has 0 saturated carbocycles. The first-order chi connectivity index (χ1) is 12.6. The maximum atomic E-state index is 12.2. The van der Waals surface area contributed by atoms with E-state index >= 15 is 0 Å². The fourth-order valence-electron chi connectivity index (χ4n) is 2.87. The molecule has 1 atom stereocenters. The normalized spacial score (nSPS) is 12.7. The smallest absolute Gasteiger partial charge is 0.191 e. The predicted molar refractivity (Wildman–Crippen MR) is 112 cm³/mol. The minimum absolute atomic E-state index is 0.598. The van der Waals surface area contributed by atoms with Crippen molar-refractivity contribution in [3.63, 3.8) is 0 Å². The number of nitrogens with zero attached hydrogens (tertiary/aromatic N) is 1. The summed E-state index contributed by atoms with van der Waals surface area (Å²) in [5.41, 5.74) is 5.03. The van der Waals surface area contributed by atoms with Crippen molar-refractivity contribution in [1.29, 1.82) is 0 Å². The summed E-state index contributed by atoms with van der Waals surface area (Å²) in [5.74, 6) is 1.96. The van der Waals surface area contributed by atoms with Gasteiger partial charge in [0.05, 0.1) is 0 Å². The Bertz CT molecular complexity index is 724. The number of aryl methyl sites for hydroxylation is 2. The minimum Gasteiger partial charge on any atom is -0.356 e. The quantitative estimate of drug-likeness (QED) is 0.554. The lowest BCUT2D eigenvalue weighted by Gasteiger charge is -2.12. The molecule has 0 bridgehead atoms. The van der Waals surface area contributed by atoms with Crippen LogP contribution in [0.15, 0.2) is 53.5 Å². The van der Waals surface area contributed by atoms with Crippen molar-refractivity contribution >= 4 is 16.8 Å². The van der Waals surface area contributed by atoms with Gasteiger partial charge in [0, 0.05) is 42.4 Å². The molecule has 5 heteroatoms. The van der Waals surface area contributed by atoms with E-state index in [9.17, 15) is 4.21 Å². The third-order valence-electron chi connectivity index (χ3n) is 4.00. The highest BCUT2D eigenvalue weighted by atomic mass is 32.2. The van der Waals surface area contributed by atoms with E-state index in [2.05, 4.69) is 47.7 Å². The lowest BCUT2D eigenvalue weighted by molar-refractivity contribution is 0.680. The van der Waals surface area contributed by atoms with Crippen LogP contribution < -0.4 is 10.6 Å². The van der Waals surface area contributed by atoms with Crippen molar-refractivity contribution < 1.29 is 4.21 Å². The number of guanidine groups is 1. The van der Waals surface area contributed by atoms with E-state index in [4.69, 9.17) is 0 Å². The Morgan fingerprint density at radius 2 is 1.62 bits per heavy atom. The molecule has 0 aliphatic heterocycles. The van der Waals surface area contributed by atoms with Gasteiger partial charge in [0.1, 0.15) is 0 Å². The second-order valence-electron chi connectivity index (χ2n) is 6.45. The number of aliphatic imine (C=N–C) groups is 1. The van der Waals surface area contributed by atoms with Crippen LogP contribution in [0.3, 0.4) is 0 Å². The van der Waals surface area contributed by atoms with E-state index in [1.54, 1.807) is 7.05 Å². The summed E-state index contributed by atoms with van der Waals surface area (Å²) in [6, 6.07) is 16.6. The first kappa shape index (κ1) is 20.2. The summed E-state index contributed by atoms with van der Waals surface area (Å²) in [6.07, 6.45) is 0.948. The molecule has 0 aliphatic carbocycles. The van der Waals surface area contributed by atoms with E-state index < -0.39 is 10.8 Å². The molecule has 26 heavy (non-hydrogen) atoms. The highest BCUT2D eigenvalue weighted by Crippen LogP contribution is 2.09. The molecule has 0 aliphatic rings. The molecule has 0 fully saturated rings. The third kappa shape index (κ3) is 7.40. The molecule has 1 unspecified atom stereocenters. The summed E-state index contributed by atoms with van der Waals surface area (Å²) >= 11 is 0. The van der Waals surface area contributed by atoms with Crippen LogP contribution in [0.4, 0.5) is 0 Å². The summed E-state index contributed by atoms with van der Waals surface area (Å²) < 4.78 is 12.2. The van der Waals surface area contributed by atoms with Crippen molar-refractivity contribution in [3.8, 4) is 0 Å². The van der Waals surface area contributed by atoms with E-state index in [1.165, 1.54) is 16.7 Å². The Kier molecular flexibility index (Phi) is 8.35. The van der Waals surface area contributed by atoms with Crippen LogP contribution in [-0.4, -0.2) is 36.1 Å². The van der Waals surface area contributed by atoms with Gasteiger partial charge in [-0.1, -0.05) is 59.7 Å². The van der Waals surface area contributed by atoms with E-state index in [0.717, 1.165) is 24.5 Å². The van der Waals surface area contributed by atoms with Crippen molar-refractivity contribution in [2.45, 2.75) is 26.0 Å². The van der Waals surface area contributed by atoms with Crippen molar-refractivity contribution in [1.82, 2.24) is 10.6 Å². The van der Waals surface area contributed by atoms with Crippen molar-refractivity contribution in [3.05, 3.63) is 70.8 Å². The Balaban J connectivity index is 1.68. The standard InChI is InChI=1S/C21H29N3OS/c1-17-13-18(2)15-20(14-17)9-10-23-21(22-3)24-11-12-26(25)16-19-7-5-4-6-8-19/h4-8,13-15H,9-12,16H2,1-3H3,(H2,22,23,24). The average molecular weight is 372 g/mol. The van der Waals surface area contributed by atoms with Gasteiger partial charge in [0.2, 0.25) is 0 Å². The maximum absolute atomic E-state index is 12.2. The first-order valence-corrected chi connectivity index (χ1v) is 10.5. The van der Waals surface area contributed by atoms with Crippen LogP contribution in [0.2, 0.25) is 0 Å². The molecule has 0 aromatic heterocycles. The van der Waals surface area contributed by atoms with Gasteiger partial charge < -0.3 is 10.6 Å². The third-order valence-corrected chi connectivity index (χ3v) is 5.32. The Labute approximate surface area is 159 Å². The Morgan fingerprint density at radius 1 is 0.962 bits per heavy atom. The SMILES string of the molecule is CN=C(NCCc1cc(C)cc(C)c1)NCCS(=O)Cc1ccccc1. The molecule has 0 saturated heterocycles. The van der Waals surface area contributed by atoms with Gasteiger partial charge in [-0.2, -0.15) is 0 Å². The first-order valence-electron chi connectivity index (χ1n) is 8.97. The second kappa shape index (κ2) is 10.8. The van der Waals surface area contributed by atoms with Crippen LogP contribution >= 0.6 is 0 Å². The van der Waals surface area contributed by atoms with Gasteiger partial charge in [-0.05, 0) is 31.4 Å². The molecular formula is C21H29N3OS. The van der Waals surface area contributed by atoms with Gasteiger partial charge >= 0.3 is 0 Å². The number of nitrogens with one attached hydrogen (secondary N) is 2. The number of hydrogen-bond acceptors (Lipinski definition) is 2. The number of rotatable bonds is 8. The van der Waals surface area contributed by atoms with E-state index in [-0.39, 0.29) is 0 Å². The highest BCUT2D eigenvalue weighted by molar-refractivity contribution is 7.84. The monoisotopic (exact) mass is 371 g/mol. The van der Waals surface area contributed by atoms with Crippen LogP contribution in [0.25, 0.3) is 0 Å². The number of benzene rings is 2. The van der Waals surface area contributed by atoms with Crippen LogP contribution in [0, 0.1) is 13.8 Å². The van der Waals surface area contributed by atoms with Gasteiger partial charge in [-0.15, -0.1) is 0 Å². The summed E-state index contributed by atoms with van der Waals surface area (Å²) in [6.45, 7) is 5.71. The molecular weight excluding hydrogens is 342 g/mol. The topological polar surface area (TPSA) is 53.5 Å². The Hall–Kier alpha value is -2.14. The van der Waals surface area contributed by atoms with E-state index in [1.807, 2.05) is 30.3 Å². The highest BCUT2D eigenvalue weighted by Gasteiger charge is 2.03. The molecule has 140 valence electrons. The second-order valence-corrected chi connectivity index (χ2v) is 8.02. The van der Waals surface area contributed by atoms with Crippen LogP contribution in [0.1, 0.15) is 22.3 Å². The molecule has 2 aromatic carbocycles.